The Kier molecular flexibility index (Phi) is 4.11. The van der Waals surface area contributed by atoms with Gasteiger partial charge in [0.25, 0.3) is 11.6 Å². The number of aliphatic hydroxyl groups is 1. The van der Waals surface area contributed by atoms with E-state index in [2.05, 4.69) is 0 Å². The first-order valence-corrected chi connectivity index (χ1v) is 6.30. The van der Waals surface area contributed by atoms with Gasteiger partial charge in [-0.25, -0.2) is 0 Å². The van der Waals surface area contributed by atoms with Crippen LogP contribution in [0.1, 0.15) is 29.6 Å². The van der Waals surface area contributed by atoms with E-state index in [4.69, 9.17) is 5.11 Å². The number of rotatable bonds is 5. The van der Waals surface area contributed by atoms with Crippen LogP contribution in [0.2, 0.25) is 0 Å². The van der Waals surface area contributed by atoms with Gasteiger partial charge in [0.05, 0.1) is 11.5 Å². The number of hydrogen-bond acceptors (Lipinski definition) is 4. The Morgan fingerprint density at radius 3 is 2.42 bits per heavy atom. The lowest BCUT2D eigenvalue weighted by atomic mass is 9.91. The number of benzene rings is 1. The van der Waals surface area contributed by atoms with Crippen LogP contribution in [0, 0.1) is 10.1 Å². The highest BCUT2D eigenvalue weighted by atomic mass is 16.6. The van der Waals surface area contributed by atoms with Gasteiger partial charge in [-0.05, 0) is 31.4 Å². The molecule has 0 bridgehead atoms. The van der Waals surface area contributed by atoms with Gasteiger partial charge >= 0.3 is 0 Å². The molecule has 2 rings (SSSR count). The minimum atomic E-state index is -0.494. The van der Waals surface area contributed by atoms with E-state index in [1.807, 2.05) is 0 Å². The molecular weight excluding hydrogens is 248 g/mol. The van der Waals surface area contributed by atoms with Gasteiger partial charge in [-0.3, -0.25) is 14.9 Å². The fraction of sp³-hybridized carbons (Fsp3) is 0.462. The summed E-state index contributed by atoms with van der Waals surface area (Å²) in [6.07, 6.45) is 3.01. The zero-order valence-corrected chi connectivity index (χ0v) is 10.5. The summed E-state index contributed by atoms with van der Waals surface area (Å²) >= 11 is 0. The van der Waals surface area contributed by atoms with Crippen molar-refractivity contribution in [3.8, 4) is 0 Å². The van der Waals surface area contributed by atoms with E-state index in [1.165, 1.54) is 24.3 Å². The van der Waals surface area contributed by atoms with Crippen molar-refractivity contribution in [3.05, 3.63) is 39.9 Å². The molecule has 1 aromatic rings. The molecule has 0 saturated heterocycles. The molecule has 0 unspecified atom stereocenters. The van der Waals surface area contributed by atoms with E-state index in [1.54, 1.807) is 4.90 Å². The Bertz CT molecular complexity index is 468. The summed E-state index contributed by atoms with van der Waals surface area (Å²) < 4.78 is 0. The smallest absolute Gasteiger partial charge is 0.269 e. The fourth-order valence-corrected chi connectivity index (χ4v) is 2.15. The number of nitrogens with zero attached hydrogens (tertiary/aromatic N) is 2. The second-order valence-corrected chi connectivity index (χ2v) is 4.61. The molecule has 1 amide bonds. The Morgan fingerprint density at radius 1 is 1.37 bits per heavy atom. The van der Waals surface area contributed by atoms with Crippen LogP contribution in [-0.2, 0) is 0 Å². The molecule has 0 aliphatic heterocycles. The lowest BCUT2D eigenvalue weighted by Crippen LogP contribution is -2.45. The minimum Gasteiger partial charge on any atom is -0.395 e. The van der Waals surface area contributed by atoms with Crippen LogP contribution >= 0.6 is 0 Å². The highest BCUT2D eigenvalue weighted by Crippen LogP contribution is 2.26. The van der Waals surface area contributed by atoms with Crippen molar-refractivity contribution in [3.63, 3.8) is 0 Å². The summed E-state index contributed by atoms with van der Waals surface area (Å²) in [5, 5.41) is 19.6. The number of carbonyl (C=O) groups is 1. The van der Waals surface area contributed by atoms with Gasteiger partial charge in [-0.2, -0.15) is 0 Å². The number of carbonyl (C=O) groups excluding carboxylic acids is 1. The molecule has 19 heavy (non-hydrogen) atoms. The van der Waals surface area contributed by atoms with Crippen molar-refractivity contribution < 1.29 is 14.8 Å². The van der Waals surface area contributed by atoms with Crippen molar-refractivity contribution in [1.29, 1.82) is 0 Å². The largest absolute Gasteiger partial charge is 0.395 e. The summed E-state index contributed by atoms with van der Waals surface area (Å²) in [5.74, 6) is -0.173. The zero-order chi connectivity index (χ0) is 13.8. The van der Waals surface area contributed by atoms with E-state index >= 15 is 0 Å². The van der Waals surface area contributed by atoms with Crippen molar-refractivity contribution in [2.75, 3.05) is 13.2 Å². The highest BCUT2D eigenvalue weighted by molar-refractivity contribution is 5.94. The first kappa shape index (κ1) is 13.5. The molecular formula is C13H16N2O4. The van der Waals surface area contributed by atoms with Gasteiger partial charge in [0.2, 0.25) is 0 Å². The van der Waals surface area contributed by atoms with E-state index in [0.717, 1.165) is 19.3 Å². The summed E-state index contributed by atoms with van der Waals surface area (Å²) in [7, 11) is 0. The van der Waals surface area contributed by atoms with E-state index in [9.17, 15) is 14.9 Å². The molecule has 6 heteroatoms. The molecule has 0 atom stereocenters. The predicted molar refractivity (Wildman–Crippen MR) is 68.9 cm³/mol. The quantitative estimate of drug-likeness (QED) is 0.646. The van der Waals surface area contributed by atoms with Crippen molar-refractivity contribution in [2.45, 2.75) is 25.3 Å². The Labute approximate surface area is 110 Å². The number of nitro benzene ring substituents is 1. The van der Waals surface area contributed by atoms with Gasteiger partial charge in [0.1, 0.15) is 0 Å². The molecule has 1 aliphatic rings. The number of non-ortho nitro benzene ring substituents is 1. The first-order valence-electron chi connectivity index (χ1n) is 6.30. The van der Waals surface area contributed by atoms with Crippen LogP contribution in [0.15, 0.2) is 24.3 Å². The van der Waals surface area contributed by atoms with Crippen LogP contribution < -0.4 is 0 Å². The van der Waals surface area contributed by atoms with E-state index in [0.29, 0.717) is 12.1 Å². The van der Waals surface area contributed by atoms with Gasteiger partial charge in [0.15, 0.2) is 0 Å². The number of aliphatic hydroxyl groups excluding tert-OH is 1. The van der Waals surface area contributed by atoms with Crippen LogP contribution in [0.4, 0.5) is 5.69 Å². The van der Waals surface area contributed by atoms with Crippen LogP contribution in [0.5, 0.6) is 0 Å². The van der Waals surface area contributed by atoms with Crippen molar-refractivity contribution in [1.82, 2.24) is 4.90 Å². The molecule has 1 aromatic carbocycles. The third-order valence-corrected chi connectivity index (χ3v) is 3.44. The molecule has 0 aromatic heterocycles. The molecule has 0 spiro atoms. The molecule has 1 saturated carbocycles. The van der Waals surface area contributed by atoms with Gasteiger partial charge in [-0.1, -0.05) is 0 Å². The van der Waals surface area contributed by atoms with Gasteiger partial charge < -0.3 is 10.0 Å². The Hall–Kier alpha value is -1.95. The molecule has 1 fully saturated rings. The molecule has 0 radical (unpaired) electrons. The maximum Gasteiger partial charge on any atom is 0.269 e. The SMILES string of the molecule is O=C(c1ccc([N+](=O)[O-])cc1)N(CCO)C1CCC1. The van der Waals surface area contributed by atoms with E-state index in [-0.39, 0.29) is 24.2 Å². The standard InChI is InChI=1S/C13H16N2O4/c16-9-8-14(11-2-1-3-11)13(17)10-4-6-12(7-5-10)15(18)19/h4-7,11,16H,1-3,8-9H2. The zero-order valence-electron chi connectivity index (χ0n) is 10.5. The lowest BCUT2D eigenvalue weighted by Gasteiger charge is -2.37. The third-order valence-electron chi connectivity index (χ3n) is 3.44. The Balaban J connectivity index is 2.13. The molecule has 102 valence electrons. The number of nitro groups is 1. The van der Waals surface area contributed by atoms with Crippen LogP contribution in [0.3, 0.4) is 0 Å². The predicted octanol–water partition coefficient (Wildman–Crippen LogP) is 1.58. The monoisotopic (exact) mass is 264 g/mol. The second-order valence-electron chi connectivity index (χ2n) is 4.61. The van der Waals surface area contributed by atoms with Gasteiger partial charge in [-0.15, -0.1) is 0 Å². The minimum absolute atomic E-state index is 0.0334. The van der Waals surface area contributed by atoms with E-state index < -0.39 is 4.92 Å². The number of hydrogen-bond donors (Lipinski definition) is 1. The average Bonchev–Trinajstić information content (AvgIpc) is 2.35. The number of amides is 1. The topological polar surface area (TPSA) is 83.7 Å². The Morgan fingerprint density at radius 2 is 2.00 bits per heavy atom. The third kappa shape index (κ3) is 2.90. The average molecular weight is 264 g/mol. The van der Waals surface area contributed by atoms with Crippen molar-refractivity contribution >= 4 is 11.6 Å². The summed E-state index contributed by atoms with van der Waals surface area (Å²) in [4.78, 5) is 24.0. The lowest BCUT2D eigenvalue weighted by molar-refractivity contribution is -0.384. The first-order chi connectivity index (χ1) is 9.13. The molecule has 0 heterocycles. The van der Waals surface area contributed by atoms with Crippen LogP contribution in [0.25, 0.3) is 0 Å². The summed E-state index contributed by atoms with van der Waals surface area (Å²) in [5.41, 5.74) is 0.389. The van der Waals surface area contributed by atoms with Crippen LogP contribution in [-0.4, -0.2) is 40.0 Å². The molecule has 1 aliphatic carbocycles. The van der Waals surface area contributed by atoms with Gasteiger partial charge in [0, 0.05) is 30.3 Å². The molecule has 1 N–H and O–H groups in total. The second kappa shape index (κ2) is 5.79. The summed E-state index contributed by atoms with van der Waals surface area (Å²) in [6.45, 7) is 0.232. The van der Waals surface area contributed by atoms with Crippen molar-refractivity contribution in [2.24, 2.45) is 0 Å². The maximum atomic E-state index is 12.3. The fourth-order valence-electron chi connectivity index (χ4n) is 2.15. The maximum absolute atomic E-state index is 12.3. The summed E-state index contributed by atoms with van der Waals surface area (Å²) in [6, 6.07) is 5.76. The molecule has 6 nitrogen and oxygen atoms in total. The highest BCUT2D eigenvalue weighted by Gasteiger charge is 2.29. The normalized spacial score (nSPS) is 14.8.